The summed E-state index contributed by atoms with van der Waals surface area (Å²) in [5.41, 5.74) is -0.650. The number of ether oxygens (including phenoxy) is 7. The van der Waals surface area contributed by atoms with Crippen molar-refractivity contribution in [2.75, 3.05) is 73.6 Å². The molecule has 1 heterocycles. The highest BCUT2D eigenvalue weighted by Crippen LogP contribution is 2.24. The molecule has 0 bridgehead atoms. The van der Waals surface area contributed by atoms with Crippen LogP contribution in [0.5, 0.6) is 0 Å². The van der Waals surface area contributed by atoms with Gasteiger partial charge in [0.05, 0.1) is 72.6 Å². The third-order valence-corrected chi connectivity index (χ3v) is 4.12. The van der Waals surface area contributed by atoms with Crippen LogP contribution >= 0.6 is 0 Å². The average molecular weight is 436 g/mol. The molecule has 0 aromatic carbocycles. The smallest absolute Gasteiger partial charge is 0.411 e. The highest BCUT2D eigenvalue weighted by molar-refractivity contribution is 5.82. The predicted molar refractivity (Wildman–Crippen MR) is 107 cm³/mol. The number of nitrogens with zero attached hydrogens (tertiary/aromatic N) is 1. The van der Waals surface area contributed by atoms with Crippen molar-refractivity contribution in [3.63, 3.8) is 0 Å². The van der Waals surface area contributed by atoms with Crippen molar-refractivity contribution in [1.29, 1.82) is 0 Å². The monoisotopic (exact) mass is 435 g/mol. The van der Waals surface area contributed by atoms with Gasteiger partial charge in [-0.1, -0.05) is 0 Å². The van der Waals surface area contributed by atoms with E-state index in [4.69, 9.17) is 33.2 Å². The van der Waals surface area contributed by atoms with E-state index < -0.39 is 23.7 Å². The fraction of sp³-hybridized carbons (Fsp3) is 0.900. The van der Waals surface area contributed by atoms with Crippen LogP contribution in [0.3, 0.4) is 0 Å². The van der Waals surface area contributed by atoms with E-state index in [0.717, 1.165) is 0 Å². The number of methoxy groups -OCH3 is 2. The fourth-order valence-corrected chi connectivity index (χ4v) is 2.76. The maximum atomic E-state index is 12.4. The van der Waals surface area contributed by atoms with Gasteiger partial charge in [0, 0.05) is 13.5 Å². The van der Waals surface area contributed by atoms with Crippen molar-refractivity contribution < 1.29 is 42.7 Å². The first kappa shape index (κ1) is 26.6. The Balaban J connectivity index is 2.20. The van der Waals surface area contributed by atoms with E-state index in [2.05, 4.69) is 0 Å². The minimum Gasteiger partial charge on any atom is -0.467 e. The SMILES string of the molecule is COCCOCCOCCOCCO[C@@H]1C[C@@H](C(=O)OC)N(C(=O)OC(C)(C)C)C1. The third kappa shape index (κ3) is 11.1. The molecule has 1 rings (SSSR count). The molecule has 1 aliphatic rings. The lowest BCUT2D eigenvalue weighted by Crippen LogP contribution is -2.44. The summed E-state index contributed by atoms with van der Waals surface area (Å²) in [4.78, 5) is 25.8. The van der Waals surface area contributed by atoms with Crippen molar-refractivity contribution in [2.45, 2.75) is 44.9 Å². The lowest BCUT2D eigenvalue weighted by atomic mass is 10.2. The first-order chi connectivity index (χ1) is 14.3. The zero-order chi connectivity index (χ0) is 22.4. The molecule has 30 heavy (non-hydrogen) atoms. The van der Waals surface area contributed by atoms with E-state index in [-0.39, 0.29) is 12.6 Å². The summed E-state index contributed by atoms with van der Waals surface area (Å²) in [5, 5.41) is 0. The summed E-state index contributed by atoms with van der Waals surface area (Å²) >= 11 is 0. The van der Waals surface area contributed by atoms with Gasteiger partial charge in [-0.05, 0) is 20.8 Å². The molecule has 0 aromatic heterocycles. The normalized spacial score (nSPS) is 19.2. The van der Waals surface area contributed by atoms with E-state index >= 15 is 0 Å². The minimum absolute atomic E-state index is 0.265. The number of hydrogen-bond acceptors (Lipinski definition) is 9. The van der Waals surface area contributed by atoms with Gasteiger partial charge in [0.25, 0.3) is 0 Å². The van der Waals surface area contributed by atoms with Gasteiger partial charge in [0.15, 0.2) is 0 Å². The number of likely N-dealkylation sites (tertiary alicyclic amines) is 1. The number of rotatable bonds is 14. The standard InChI is InChI=1S/C20H37NO9/c1-20(2,3)30-19(23)21-15-16(14-17(21)18(22)25-5)29-13-12-28-11-10-27-9-8-26-7-6-24-4/h16-17H,6-15H2,1-5H3/t16-,17+/m1/s1. The molecule has 0 unspecified atom stereocenters. The Labute approximate surface area is 179 Å². The van der Waals surface area contributed by atoms with Crippen molar-refractivity contribution in [2.24, 2.45) is 0 Å². The maximum absolute atomic E-state index is 12.4. The van der Waals surface area contributed by atoms with Crippen LogP contribution in [0.25, 0.3) is 0 Å². The molecule has 2 atom stereocenters. The van der Waals surface area contributed by atoms with Gasteiger partial charge in [-0.15, -0.1) is 0 Å². The van der Waals surface area contributed by atoms with Crippen LogP contribution in [0.2, 0.25) is 0 Å². The van der Waals surface area contributed by atoms with Gasteiger partial charge in [-0.25, -0.2) is 9.59 Å². The fourth-order valence-electron chi connectivity index (χ4n) is 2.76. The Morgan fingerprint density at radius 3 is 1.90 bits per heavy atom. The van der Waals surface area contributed by atoms with Gasteiger partial charge in [0.2, 0.25) is 0 Å². The number of esters is 1. The van der Waals surface area contributed by atoms with Gasteiger partial charge in [-0.2, -0.15) is 0 Å². The van der Waals surface area contributed by atoms with Crippen molar-refractivity contribution in [3.05, 3.63) is 0 Å². The Kier molecular flexibility index (Phi) is 12.9. The molecule has 0 spiro atoms. The second-order valence-corrected chi connectivity index (χ2v) is 7.73. The van der Waals surface area contributed by atoms with Crippen LogP contribution in [0, 0.1) is 0 Å². The van der Waals surface area contributed by atoms with Gasteiger partial charge in [-0.3, -0.25) is 4.90 Å². The summed E-state index contributed by atoms with van der Waals surface area (Å²) in [6.07, 6.45) is -0.479. The quantitative estimate of drug-likeness (QED) is 0.295. The summed E-state index contributed by atoms with van der Waals surface area (Å²) in [6, 6.07) is -0.713. The zero-order valence-corrected chi connectivity index (χ0v) is 18.8. The molecule has 0 saturated carbocycles. The minimum atomic E-state index is -0.713. The lowest BCUT2D eigenvalue weighted by Gasteiger charge is -2.27. The molecule has 1 aliphatic heterocycles. The van der Waals surface area contributed by atoms with E-state index in [1.807, 2.05) is 0 Å². The molecule has 1 saturated heterocycles. The highest BCUT2D eigenvalue weighted by atomic mass is 16.6. The summed E-state index contributed by atoms with van der Waals surface area (Å²) in [5.74, 6) is -0.480. The van der Waals surface area contributed by atoms with E-state index in [9.17, 15) is 9.59 Å². The molecule has 0 aliphatic carbocycles. The molecule has 10 heteroatoms. The third-order valence-electron chi connectivity index (χ3n) is 4.12. The molecule has 10 nitrogen and oxygen atoms in total. The summed E-state index contributed by atoms with van der Waals surface area (Å²) in [7, 11) is 2.92. The van der Waals surface area contributed by atoms with Crippen molar-refractivity contribution in [1.82, 2.24) is 4.90 Å². The highest BCUT2D eigenvalue weighted by Gasteiger charge is 2.42. The number of carbonyl (C=O) groups excluding carboxylic acids is 2. The average Bonchev–Trinajstić information content (AvgIpc) is 3.11. The zero-order valence-electron chi connectivity index (χ0n) is 18.8. The second-order valence-electron chi connectivity index (χ2n) is 7.73. The summed E-state index contributed by atoms with van der Waals surface area (Å²) in [6.45, 7) is 9.38. The van der Waals surface area contributed by atoms with Crippen LogP contribution in [-0.2, 0) is 38.0 Å². The van der Waals surface area contributed by atoms with Crippen LogP contribution < -0.4 is 0 Å². The topological polar surface area (TPSA) is 102 Å². The molecule has 0 radical (unpaired) electrons. The molecule has 1 amide bonds. The van der Waals surface area contributed by atoms with Crippen LogP contribution in [0.15, 0.2) is 0 Å². The van der Waals surface area contributed by atoms with Crippen LogP contribution in [-0.4, -0.2) is 108 Å². The number of carbonyl (C=O) groups is 2. The van der Waals surface area contributed by atoms with E-state index in [1.54, 1.807) is 27.9 Å². The largest absolute Gasteiger partial charge is 0.467 e. The van der Waals surface area contributed by atoms with Crippen molar-refractivity contribution >= 4 is 12.1 Å². The Morgan fingerprint density at radius 1 is 0.867 bits per heavy atom. The molecule has 176 valence electrons. The first-order valence-corrected chi connectivity index (χ1v) is 10.2. The predicted octanol–water partition coefficient (Wildman–Crippen LogP) is 1.25. The lowest BCUT2D eigenvalue weighted by molar-refractivity contribution is -0.145. The van der Waals surface area contributed by atoms with E-state index in [1.165, 1.54) is 12.0 Å². The Hall–Kier alpha value is -1.46. The van der Waals surface area contributed by atoms with Gasteiger partial charge < -0.3 is 33.2 Å². The summed E-state index contributed by atoms with van der Waals surface area (Å²) < 4.78 is 37.0. The van der Waals surface area contributed by atoms with Gasteiger partial charge >= 0.3 is 12.1 Å². The molecule has 0 aromatic rings. The first-order valence-electron chi connectivity index (χ1n) is 10.2. The molecular weight excluding hydrogens is 398 g/mol. The molecule has 0 N–H and O–H groups in total. The van der Waals surface area contributed by atoms with Crippen molar-refractivity contribution in [3.8, 4) is 0 Å². The van der Waals surface area contributed by atoms with E-state index in [0.29, 0.717) is 59.3 Å². The molecular formula is C20H37NO9. The molecule has 1 fully saturated rings. The number of hydrogen-bond donors (Lipinski definition) is 0. The number of amides is 1. The Morgan fingerprint density at radius 2 is 1.40 bits per heavy atom. The van der Waals surface area contributed by atoms with Crippen LogP contribution in [0.1, 0.15) is 27.2 Å². The van der Waals surface area contributed by atoms with Gasteiger partial charge in [0.1, 0.15) is 11.6 Å². The maximum Gasteiger partial charge on any atom is 0.411 e. The second kappa shape index (κ2) is 14.5. The Bertz CT molecular complexity index is 495. The van der Waals surface area contributed by atoms with Crippen LogP contribution in [0.4, 0.5) is 4.79 Å².